The van der Waals surface area contributed by atoms with E-state index in [9.17, 15) is 0 Å². The van der Waals surface area contributed by atoms with Crippen LogP contribution in [0, 0.1) is 0 Å². The van der Waals surface area contributed by atoms with Gasteiger partial charge in [-0.1, -0.05) is 11.6 Å². The lowest BCUT2D eigenvalue weighted by molar-refractivity contribution is 0.0256. The fourth-order valence-corrected chi connectivity index (χ4v) is 3.01. The van der Waals surface area contributed by atoms with Crippen LogP contribution in [0.5, 0.6) is 5.75 Å². The Balaban J connectivity index is 1.57. The number of pyridine rings is 2. The summed E-state index contributed by atoms with van der Waals surface area (Å²) in [4.78, 5) is 8.52. The first-order valence-corrected chi connectivity index (χ1v) is 8.67. The average Bonchev–Trinajstić information content (AvgIpc) is 2.64. The van der Waals surface area contributed by atoms with Gasteiger partial charge in [-0.15, -0.1) is 0 Å². The van der Waals surface area contributed by atoms with Crippen LogP contribution in [0.3, 0.4) is 0 Å². The molecule has 6 heteroatoms. The molecule has 4 rings (SSSR count). The van der Waals surface area contributed by atoms with E-state index in [-0.39, 0.29) is 6.10 Å². The zero-order chi connectivity index (χ0) is 17.1. The molecular weight excluding hydrogens is 338 g/mol. The molecule has 0 radical (unpaired) electrons. The van der Waals surface area contributed by atoms with Crippen LogP contribution in [0.4, 0.5) is 11.5 Å². The smallest absolute Gasteiger partial charge is 0.138 e. The Kier molecular flexibility index (Phi) is 4.68. The molecule has 128 valence electrons. The van der Waals surface area contributed by atoms with Crippen LogP contribution in [-0.4, -0.2) is 29.3 Å². The summed E-state index contributed by atoms with van der Waals surface area (Å²) in [5.41, 5.74) is 0.840. The molecule has 1 aliphatic rings. The summed E-state index contributed by atoms with van der Waals surface area (Å²) < 4.78 is 11.5. The van der Waals surface area contributed by atoms with Crippen LogP contribution >= 0.6 is 11.6 Å². The number of fused-ring (bicyclic) bond motifs is 1. The van der Waals surface area contributed by atoms with Crippen molar-refractivity contribution in [3.63, 3.8) is 0 Å². The van der Waals surface area contributed by atoms with E-state index in [0.717, 1.165) is 54.1 Å². The lowest BCUT2D eigenvalue weighted by Crippen LogP contribution is -2.25. The van der Waals surface area contributed by atoms with Crippen molar-refractivity contribution in [2.24, 2.45) is 0 Å². The van der Waals surface area contributed by atoms with Gasteiger partial charge in [0.1, 0.15) is 22.8 Å². The molecule has 1 aromatic carbocycles. The third-order valence-corrected chi connectivity index (χ3v) is 4.42. The lowest BCUT2D eigenvalue weighted by Gasteiger charge is -2.23. The van der Waals surface area contributed by atoms with Gasteiger partial charge in [0.15, 0.2) is 0 Å². The second kappa shape index (κ2) is 7.25. The van der Waals surface area contributed by atoms with Gasteiger partial charge in [-0.25, -0.2) is 9.97 Å². The van der Waals surface area contributed by atoms with E-state index >= 15 is 0 Å². The van der Waals surface area contributed by atoms with E-state index in [2.05, 4.69) is 21.4 Å². The molecule has 0 unspecified atom stereocenters. The highest BCUT2D eigenvalue weighted by molar-refractivity contribution is 6.29. The minimum atomic E-state index is 0.228. The maximum absolute atomic E-state index is 6.09. The molecule has 1 N–H and O–H groups in total. The Hall–Kier alpha value is -2.37. The molecule has 0 amide bonds. The van der Waals surface area contributed by atoms with Crippen LogP contribution in [-0.2, 0) is 4.74 Å². The molecule has 1 fully saturated rings. The monoisotopic (exact) mass is 355 g/mol. The van der Waals surface area contributed by atoms with E-state index in [1.54, 1.807) is 18.5 Å². The van der Waals surface area contributed by atoms with Crippen molar-refractivity contribution < 1.29 is 9.47 Å². The van der Waals surface area contributed by atoms with Crippen LogP contribution in [0.25, 0.3) is 10.8 Å². The molecule has 0 saturated carbocycles. The quantitative estimate of drug-likeness (QED) is 0.694. The van der Waals surface area contributed by atoms with Gasteiger partial charge in [0.2, 0.25) is 0 Å². The number of anilines is 2. The van der Waals surface area contributed by atoms with Gasteiger partial charge in [-0.05, 0) is 41.8 Å². The fourth-order valence-electron chi connectivity index (χ4n) is 2.90. The Labute approximate surface area is 151 Å². The van der Waals surface area contributed by atoms with Crippen LogP contribution in [0.1, 0.15) is 12.8 Å². The summed E-state index contributed by atoms with van der Waals surface area (Å²) in [5, 5.41) is 5.85. The SMILES string of the molecule is Clc1ccc(Nc2nccc3cc(OC4CCOCC4)ccc23)cn1. The number of nitrogens with zero attached hydrogens (tertiary/aromatic N) is 2. The second-order valence-corrected chi connectivity index (χ2v) is 6.35. The van der Waals surface area contributed by atoms with Crippen molar-refractivity contribution in [2.75, 3.05) is 18.5 Å². The Morgan fingerprint density at radius 2 is 1.96 bits per heavy atom. The highest BCUT2D eigenvalue weighted by atomic mass is 35.5. The van der Waals surface area contributed by atoms with E-state index in [1.165, 1.54) is 0 Å². The number of nitrogens with one attached hydrogen (secondary N) is 1. The molecule has 0 atom stereocenters. The summed E-state index contributed by atoms with van der Waals surface area (Å²) in [6, 6.07) is 11.7. The van der Waals surface area contributed by atoms with Gasteiger partial charge >= 0.3 is 0 Å². The van der Waals surface area contributed by atoms with Crippen molar-refractivity contribution >= 4 is 33.9 Å². The van der Waals surface area contributed by atoms with Crippen molar-refractivity contribution in [1.29, 1.82) is 0 Å². The summed E-state index contributed by atoms with van der Waals surface area (Å²) in [5.74, 6) is 1.66. The number of benzene rings is 1. The first-order valence-electron chi connectivity index (χ1n) is 8.30. The summed E-state index contributed by atoms with van der Waals surface area (Å²) >= 11 is 5.83. The van der Waals surface area contributed by atoms with Crippen molar-refractivity contribution in [2.45, 2.75) is 18.9 Å². The first kappa shape index (κ1) is 16.1. The minimum absolute atomic E-state index is 0.228. The molecule has 25 heavy (non-hydrogen) atoms. The molecule has 3 heterocycles. The number of ether oxygens (including phenoxy) is 2. The molecule has 5 nitrogen and oxygen atoms in total. The highest BCUT2D eigenvalue weighted by Crippen LogP contribution is 2.28. The fraction of sp³-hybridized carbons (Fsp3) is 0.263. The van der Waals surface area contributed by atoms with E-state index in [1.807, 2.05) is 24.3 Å². The number of halogens is 1. The van der Waals surface area contributed by atoms with Gasteiger partial charge in [0, 0.05) is 24.4 Å². The van der Waals surface area contributed by atoms with Gasteiger partial charge < -0.3 is 14.8 Å². The number of hydrogen-bond acceptors (Lipinski definition) is 5. The van der Waals surface area contributed by atoms with Crippen LogP contribution < -0.4 is 10.1 Å². The molecule has 0 bridgehead atoms. The molecule has 0 aliphatic carbocycles. The number of aromatic nitrogens is 2. The maximum Gasteiger partial charge on any atom is 0.138 e. The van der Waals surface area contributed by atoms with E-state index in [0.29, 0.717) is 5.15 Å². The number of rotatable bonds is 4. The molecule has 1 saturated heterocycles. The van der Waals surface area contributed by atoms with Gasteiger partial charge in [0.05, 0.1) is 25.1 Å². The predicted molar refractivity (Wildman–Crippen MR) is 98.7 cm³/mol. The summed E-state index contributed by atoms with van der Waals surface area (Å²) in [6.45, 7) is 1.54. The zero-order valence-electron chi connectivity index (χ0n) is 13.6. The van der Waals surface area contributed by atoms with Crippen LogP contribution in [0.2, 0.25) is 5.15 Å². The standard InChI is InChI=1S/C19H18ClN3O2/c20-18-4-1-14(12-22-18)23-19-17-3-2-16(11-13(17)5-8-21-19)25-15-6-9-24-10-7-15/h1-5,8,11-12,15H,6-7,9-10H2,(H,21,23). The first-order chi connectivity index (χ1) is 12.3. The molecule has 0 spiro atoms. The lowest BCUT2D eigenvalue weighted by atomic mass is 10.1. The zero-order valence-corrected chi connectivity index (χ0v) is 14.4. The van der Waals surface area contributed by atoms with Crippen molar-refractivity contribution in [3.8, 4) is 5.75 Å². The summed E-state index contributed by atoms with van der Waals surface area (Å²) in [6.07, 6.45) is 5.57. The van der Waals surface area contributed by atoms with E-state index < -0.39 is 0 Å². The van der Waals surface area contributed by atoms with Gasteiger partial charge in [-0.3, -0.25) is 0 Å². The largest absolute Gasteiger partial charge is 0.490 e. The highest BCUT2D eigenvalue weighted by Gasteiger charge is 2.15. The minimum Gasteiger partial charge on any atom is -0.490 e. The topological polar surface area (TPSA) is 56.3 Å². The normalized spacial score (nSPS) is 15.2. The van der Waals surface area contributed by atoms with Crippen molar-refractivity contribution in [1.82, 2.24) is 9.97 Å². The number of hydrogen-bond donors (Lipinski definition) is 1. The van der Waals surface area contributed by atoms with E-state index in [4.69, 9.17) is 21.1 Å². The second-order valence-electron chi connectivity index (χ2n) is 5.97. The molecule has 1 aliphatic heterocycles. The summed E-state index contributed by atoms with van der Waals surface area (Å²) in [7, 11) is 0. The Morgan fingerprint density at radius 3 is 2.76 bits per heavy atom. The molecule has 3 aromatic rings. The van der Waals surface area contributed by atoms with Gasteiger partial charge in [-0.2, -0.15) is 0 Å². The Morgan fingerprint density at radius 1 is 1.08 bits per heavy atom. The predicted octanol–water partition coefficient (Wildman–Crippen LogP) is 4.58. The Bertz CT molecular complexity index is 864. The van der Waals surface area contributed by atoms with Crippen LogP contribution in [0.15, 0.2) is 48.8 Å². The van der Waals surface area contributed by atoms with Gasteiger partial charge in [0.25, 0.3) is 0 Å². The third kappa shape index (κ3) is 3.83. The molecule has 2 aromatic heterocycles. The molecular formula is C19H18ClN3O2. The van der Waals surface area contributed by atoms with Crippen molar-refractivity contribution in [3.05, 3.63) is 53.9 Å². The average molecular weight is 356 g/mol. The third-order valence-electron chi connectivity index (χ3n) is 4.20. The maximum atomic E-state index is 6.09.